The second-order valence-electron chi connectivity index (χ2n) is 2.96. The quantitative estimate of drug-likeness (QED) is 0.465. The Morgan fingerprint density at radius 3 is 2.78 bits per heavy atom. The van der Waals surface area contributed by atoms with Gasteiger partial charge in [0.2, 0.25) is 5.91 Å². The third kappa shape index (κ3) is 0.580. The van der Waals surface area contributed by atoms with Gasteiger partial charge in [-0.25, -0.2) is 0 Å². The third-order valence-electron chi connectivity index (χ3n) is 2.22. The number of amides is 1. The zero-order valence-corrected chi connectivity index (χ0v) is 5.05. The molecule has 2 bridgehead atoms. The molecule has 1 amide bonds. The summed E-state index contributed by atoms with van der Waals surface area (Å²) >= 11 is 0. The third-order valence-corrected chi connectivity index (χ3v) is 2.22. The Morgan fingerprint density at radius 1 is 1.78 bits per heavy atom. The SMILES string of the molecule is O=C1NC2(O)CCC1C2. The molecule has 1 aliphatic carbocycles. The number of carbonyl (C=O) groups excluding carboxylic acids is 1. The molecular weight excluding hydrogens is 118 g/mol. The Bertz CT molecular complexity index is 168. The minimum atomic E-state index is -0.818. The molecule has 0 radical (unpaired) electrons. The topological polar surface area (TPSA) is 49.3 Å². The molecule has 1 saturated heterocycles. The van der Waals surface area contributed by atoms with Gasteiger partial charge in [-0.05, 0) is 12.8 Å². The van der Waals surface area contributed by atoms with E-state index in [9.17, 15) is 9.90 Å². The maximum Gasteiger partial charge on any atom is 0.225 e. The summed E-state index contributed by atoms with van der Waals surface area (Å²) < 4.78 is 0. The molecule has 1 aliphatic heterocycles. The summed E-state index contributed by atoms with van der Waals surface area (Å²) in [5.41, 5.74) is -0.818. The molecule has 3 nitrogen and oxygen atoms in total. The molecule has 1 heterocycles. The van der Waals surface area contributed by atoms with Gasteiger partial charge in [0.05, 0.1) is 0 Å². The Kier molecular flexibility index (Phi) is 0.750. The Balaban J connectivity index is 2.28. The molecule has 2 N–H and O–H groups in total. The molecule has 1 saturated carbocycles. The standard InChI is InChI=1S/C6H9NO2/c8-5-4-1-2-6(9,3-4)7-5/h4,9H,1-3H2,(H,7,8). The van der Waals surface area contributed by atoms with Gasteiger partial charge in [-0.2, -0.15) is 0 Å². The van der Waals surface area contributed by atoms with E-state index in [1.165, 1.54) is 0 Å². The van der Waals surface area contributed by atoms with Crippen LogP contribution in [0.1, 0.15) is 19.3 Å². The minimum Gasteiger partial charge on any atom is -0.371 e. The molecule has 2 aliphatic rings. The van der Waals surface area contributed by atoms with Gasteiger partial charge in [-0.1, -0.05) is 0 Å². The number of aliphatic hydroxyl groups is 1. The van der Waals surface area contributed by atoms with Crippen LogP contribution in [0.15, 0.2) is 0 Å². The lowest BCUT2D eigenvalue weighted by Gasteiger charge is -2.19. The van der Waals surface area contributed by atoms with E-state index in [2.05, 4.69) is 5.32 Å². The fourth-order valence-corrected chi connectivity index (χ4v) is 1.69. The van der Waals surface area contributed by atoms with Crippen molar-refractivity contribution in [1.29, 1.82) is 0 Å². The van der Waals surface area contributed by atoms with Crippen LogP contribution >= 0.6 is 0 Å². The van der Waals surface area contributed by atoms with E-state index in [1.807, 2.05) is 0 Å². The summed E-state index contributed by atoms with van der Waals surface area (Å²) in [6.07, 6.45) is 2.23. The van der Waals surface area contributed by atoms with Crippen molar-refractivity contribution < 1.29 is 9.90 Å². The van der Waals surface area contributed by atoms with Crippen LogP contribution < -0.4 is 5.32 Å². The van der Waals surface area contributed by atoms with Crippen LogP contribution in [0.3, 0.4) is 0 Å². The zero-order valence-electron chi connectivity index (χ0n) is 5.05. The molecule has 3 heteroatoms. The average molecular weight is 127 g/mol. The van der Waals surface area contributed by atoms with E-state index in [4.69, 9.17) is 0 Å². The van der Waals surface area contributed by atoms with E-state index in [0.29, 0.717) is 6.42 Å². The van der Waals surface area contributed by atoms with Gasteiger partial charge in [0.15, 0.2) is 0 Å². The van der Waals surface area contributed by atoms with Gasteiger partial charge < -0.3 is 10.4 Å². The largest absolute Gasteiger partial charge is 0.371 e. The Labute approximate surface area is 53.1 Å². The predicted octanol–water partition coefficient (Wildman–Crippen LogP) is -0.395. The van der Waals surface area contributed by atoms with Crippen LogP contribution in [-0.2, 0) is 4.79 Å². The van der Waals surface area contributed by atoms with Crippen LogP contribution in [0, 0.1) is 5.92 Å². The molecule has 9 heavy (non-hydrogen) atoms. The van der Waals surface area contributed by atoms with Crippen molar-refractivity contribution >= 4 is 5.91 Å². The average Bonchev–Trinajstić information content (AvgIpc) is 2.20. The lowest BCUT2D eigenvalue weighted by molar-refractivity contribution is -0.127. The summed E-state index contributed by atoms with van der Waals surface area (Å²) in [5.74, 6) is 0.138. The molecule has 0 spiro atoms. The molecule has 2 fully saturated rings. The van der Waals surface area contributed by atoms with Gasteiger partial charge in [-0.15, -0.1) is 0 Å². The van der Waals surface area contributed by atoms with Crippen molar-refractivity contribution in [3.63, 3.8) is 0 Å². The smallest absolute Gasteiger partial charge is 0.225 e. The molecule has 0 aromatic rings. The van der Waals surface area contributed by atoms with E-state index in [-0.39, 0.29) is 11.8 Å². The van der Waals surface area contributed by atoms with E-state index < -0.39 is 5.72 Å². The lowest BCUT2D eigenvalue weighted by atomic mass is 10.1. The van der Waals surface area contributed by atoms with Gasteiger partial charge >= 0.3 is 0 Å². The number of hydrogen-bond donors (Lipinski definition) is 2. The first kappa shape index (κ1) is 5.23. The second-order valence-corrected chi connectivity index (χ2v) is 2.96. The lowest BCUT2D eigenvalue weighted by Crippen LogP contribution is -2.42. The molecular formula is C6H9NO2. The monoisotopic (exact) mass is 127 g/mol. The molecule has 2 unspecified atom stereocenters. The fourth-order valence-electron chi connectivity index (χ4n) is 1.69. The molecule has 2 rings (SSSR count). The van der Waals surface area contributed by atoms with E-state index in [0.717, 1.165) is 12.8 Å². The van der Waals surface area contributed by atoms with Gasteiger partial charge in [0, 0.05) is 12.3 Å². The van der Waals surface area contributed by atoms with Gasteiger partial charge in [-0.3, -0.25) is 4.79 Å². The highest BCUT2D eigenvalue weighted by Crippen LogP contribution is 2.38. The van der Waals surface area contributed by atoms with Crippen LogP contribution in [0.4, 0.5) is 0 Å². The van der Waals surface area contributed by atoms with Crippen molar-refractivity contribution in [2.45, 2.75) is 25.0 Å². The summed E-state index contributed by atoms with van der Waals surface area (Å²) in [4.78, 5) is 10.8. The highest BCUT2D eigenvalue weighted by Gasteiger charge is 2.48. The van der Waals surface area contributed by atoms with Crippen molar-refractivity contribution in [3.8, 4) is 0 Å². The molecule has 50 valence electrons. The Morgan fingerprint density at radius 2 is 2.56 bits per heavy atom. The first-order valence-corrected chi connectivity index (χ1v) is 3.24. The summed E-state index contributed by atoms with van der Waals surface area (Å²) in [6.45, 7) is 0. The van der Waals surface area contributed by atoms with E-state index in [1.54, 1.807) is 0 Å². The normalized spacial score (nSPS) is 47.7. The first-order valence-electron chi connectivity index (χ1n) is 3.24. The van der Waals surface area contributed by atoms with Crippen LogP contribution in [0.5, 0.6) is 0 Å². The first-order chi connectivity index (χ1) is 4.20. The number of nitrogens with one attached hydrogen (secondary N) is 1. The number of rotatable bonds is 0. The van der Waals surface area contributed by atoms with Gasteiger partial charge in [0.1, 0.15) is 5.72 Å². The zero-order chi connectivity index (χ0) is 6.48. The highest BCUT2D eigenvalue weighted by atomic mass is 16.3. The van der Waals surface area contributed by atoms with Crippen LogP contribution in [0.2, 0.25) is 0 Å². The molecule has 0 aromatic carbocycles. The van der Waals surface area contributed by atoms with Crippen LogP contribution in [0.25, 0.3) is 0 Å². The van der Waals surface area contributed by atoms with Gasteiger partial charge in [0.25, 0.3) is 0 Å². The Hall–Kier alpha value is -0.570. The summed E-state index contributed by atoms with van der Waals surface area (Å²) in [6, 6.07) is 0. The van der Waals surface area contributed by atoms with Crippen molar-refractivity contribution in [3.05, 3.63) is 0 Å². The maximum atomic E-state index is 10.8. The van der Waals surface area contributed by atoms with Crippen LogP contribution in [-0.4, -0.2) is 16.7 Å². The van der Waals surface area contributed by atoms with Crippen molar-refractivity contribution in [2.75, 3.05) is 0 Å². The number of carbonyl (C=O) groups is 1. The predicted molar refractivity (Wildman–Crippen MR) is 30.4 cm³/mol. The maximum absolute atomic E-state index is 10.8. The van der Waals surface area contributed by atoms with Crippen molar-refractivity contribution in [2.24, 2.45) is 5.92 Å². The highest BCUT2D eigenvalue weighted by molar-refractivity contribution is 5.82. The van der Waals surface area contributed by atoms with Crippen molar-refractivity contribution in [1.82, 2.24) is 5.32 Å². The summed E-state index contributed by atoms with van der Waals surface area (Å²) in [7, 11) is 0. The minimum absolute atomic E-state index is 0.0313. The van der Waals surface area contributed by atoms with E-state index >= 15 is 0 Å². The molecule has 0 aromatic heterocycles. The summed E-state index contributed by atoms with van der Waals surface area (Å²) in [5, 5.41) is 11.9. The number of fused-ring (bicyclic) bond motifs is 2. The second kappa shape index (κ2) is 1.29. The molecule has 2 atom stereocenters. The fraction of sp³-hybridized carbons (Fsp3) is 0.833. The number of hydrogen-bond acceptors (Lipinski definition) is 2. The number of piperidine rings is 1.